The molecule has 1 atom stereocenters. The molecule has 1 heteroatoms. The number of hydrogen-bond donors (Lipinski definition) is 0. The molecule has 3 fully saturated rings. The van der Waals surface area contributed by atoms with E-state index < -0.39 is 0 Å². The summed E-state index contributed by atoms with van der Waals surface area (Å²) in [5.74, 6) is 0. The third-order valence-electron chi connectivity index (χ3n) is 4.82. The van der Waals surface area contributed by atoms with E-state index in [1.54, 1.807) is 0 Å². The van der Waals surface area contributed by atoms with E-state index in [2.05, 4.69) is 4.90 Å². The van der Waals surface area contributed by atoms with Crippen molar-refractivity contribution in [3.63, 3.8) is 0 Å². The summed E-state index contributed by atoms with van der Waals surface area (Å²) < 4.78 is 0. The lowest BCUT2D eigenvalue weighted by Gasteiger charge is -2.33. The Bertz CT molecular complexity index is 265. The Balaban J connectivity index is 1.75. The van der Waals surface area contributed by atoms with Crippen LogP contribution in [0, 0.1) is 0 Å². The van der Waals surface area contributed by atoms with Crippen LogP contribution in [-0.4, -0.2) is 24.0 Å². The van der Waals surface area contributed by atoms with E-state index in [9.17, 15) is 0 Å². The van der Waals surface area contributed by atoms with Crippen LogP contribution < -0.4 is 0 Å². The third kappa shape index (κ3) is 2.07. The summed E-state index contributed by atoms with van der Waals surface area (Å²) in [7, 11) is 0. The Labute approximate surface area is 99.9 Å². The molecule has 2 aliphatic carbocycles. The van der Waals surface area contributed by atoms with Gasteiger partial charge in [-0.2, -0.15) is 0 Å². The van der Waals surface area contributed by atoms with Crippen molar-refractivity contribution in [1.82, 2.24) is 4.90 Å². The smallest absolute Gasteiger partial charge is 0.0310 e. The standard InChI is InChI=1S/C15H25N/c1-4-11-16(12-5-1)15-10-6-9-14(15)13-7-2-3-8-13/h15H,1-12H2. The average molecular weight is 219 g/mol. The SMILES string of the molecule is C1CCN(C2CCCC2=C2CCCC2)CC1. The van der Waals surface area contributed by atoms with Gasteiger partial charge in [0.05, 0.1) is 0 Å². The van der Waals surface area contributed by atoms with Gasteiger partial charge in [0.2, 0.25) is 0 Å². The minimum atomic E-state index is 0.869. The van der Waals surface area contributed by atoms with Crippen molar-refractivity contribution in [3.8, 4) is 0 Å². The molecule has 1 saturated heterocycles. The normalized spacial score (nSPS) is 32.6. The van der Waals surface area contributed by atoms with Crippen LogP contribution in [0.4, 0.5) is 0 Å². The first kappa shape index (κ1) is 10.8. The van der Waals surface area contributed by atoms with Crippen LogP contribution in [0.3, 0.4) is 0 Å². The van der Waals surface area contributed by atoms with Crippen LogP contribution in [-0.2, 0) is 0 Å². The molecule has 1 nitrogen and oxygen atoms in total. The largest absolute Gasteiger partial charge is 0.297 e. The first-order valence-electron chi connectivity index (χ1n) is 7.40. The van der Waals surface area contributed by atoms with Gasteiger partial charge in [-0.1, -0.05) is 17.6 Å². The molecule has 0 spiro atoms. The molecule has 0 amide bonds. The van der Waals surface area contributed by atoms with E-state index in [1.165, 1.54) is 77.3 Å². The minimum Gasteiger partial charge on any atom is -0.297 e. The Hall–Kier alpha value is -0.300. The fourth-order valence-electron chi connectivity index (χ4n) is 3.99. The molecule has 3 rings (SSSR count). The molecule has 1 unspecified atom stereocenters. The topological polar surface area (TPSA) is 3.24 Å². The van der Waals surface area contributed by atoms with Crippen molar-refractivity contribution in [2.45, 2.75) is 70.3 Å². The number of nitrogens with zero attached hydrogens (tertiary/aromatic N) is 1. The monoisotopic (exact) mass is 219 g/mol. The van der Waals surface area contributed by atoms with Gasteiger partial charge in [-0.3, -0.25) is 4.90 Å². The molecule has 90 valence electrons. The van der Waals surface area contributed by atoms with Gasteiger partial charge >= 0.3 is 0 Å². The fourth-order valence-corrected chi connectivity index (χ4v) is 3.99. The second-order valence-electron chi connectivity index (χ2n) is 5.84. The van der Waals surface area contributed by atoms with Crippen LogP contribution in [0.1, 0.15) is 64.2 Å². The van der Waals surface area contributed by atoms with E-state index >= 15 is 0 Å². The Morgan fingerprint density at radius 2 is 1.50 bits per heavy atom. The lowest BCUT2D eigenvalue weighted by Crippen LogP contribution is -2.38. The average Bonchev–Trinajstić information content (AvgIpc) is 3.01. The Kier molecular flexibility index (Phi) is 3.32. The quantitative estimate of drug-likeness (QED) is 0.605. The van der Waals surface area contributed by atoms with Gasteiger partial charge in [-0.25, -0.2) is 0 Å². The van der Waals surface area contributed by atoms with Crippen LogP contribution in [0.5, 0.6) is 0 Å². The molecular formula is C15H25N. The number of rotatable bonds is 1. The number of likely N-dealkylation sites (tertiary alicyclic amines) is 1. The first-order valence-corrected chi connectivity index (χ1v) is 7.40. The number of hydrogen-bond acceptors (Lipinski definition) is 1. The van der Waals surface area contributed by atoms with Gasteiger partial charge < -0.3 is 0 Å². The molecule has 3 aliphatic rings. The van der Waals surface area contributed by atoms with Crippen molar-refractivity contribution in [2.75, 3.05) is 13.1 Å². The second kappa shape index (κ2) is 4.91. The number of piperidine rings is 1. The van der Waals surface area contributed by atoms with E-state index in [4.69, 9.17) is 0 Å². The zero-order valence-electron chi connectivity index (χ0n) is 10.5. The predicted octanol–water partition coefficient (Wildman–Crippen LogP) is 3.90. The highest BCUT2D eigenvalue weighted by Gasteiger charge is 2.30. The highest BCUT2D eigenvalue weighted by molar-refractivity contribution is 5.25. The second-order valence-corrected chi connectivity index (χ2v) is 5.84. The van der Waals surface area contributed by atoms with Gasteiger partial charge in [-0.05, 0) is 70.9 Å². The predicted molar refractivity (Wildman–Crippen MR) is 68.6 cm³/mol. The highest BCUT2D eigenvalue weighted by Crippen LogP contribution is 2.38. The molecule has 1 aliphatic heterocycles. The zero-order chi connectivity index (χ0) is 10.8. The molecule has 16 heavy (non-hydrogen) atoms. The van der Waals surface area contributed by atoms with Crippen LogP contribution in [0.25, 0.3) is 0 Å². The summed E-state index contributed by atoms with van der Waals surface area (Å²) in [5, 5.41) is 0. The maximum Gasteiger partial charge on any atom is 0.0310 e. The summed E-state index contributed by atoms with van der Waals surface area (Å²) in [6, 6.07) is 0.869. The van der Waals surface area contributed by atoms with E-state index in [0.717, 1.165) is 6.04 Å². The molecule has 2 saturated carbocycles. The minimum absolute atomic E-state index is 0.869. The lowest BCUT2D eigenvalue weighted by molar-refractivity contribution is 0.186. The molecule has 0 radical (unpaired) electrons. The van der Waals surface area contributed by atoms with Crippen molar-refractivity contribution in [2.24, 2.45) is 0 Å². The molecule has 0 aromatic rings. The molecule has 0 aromatic carbocycles. The Morgan fingerprint density at radius 3 is 2.25 bits per heavy atom. The first-order chi connectivity index (χ1) is 7.95. The van der Waals surface area contributed by atoms with Gasteiger partial charge in [0.15, 0.2) is 0 Å². The molecule has 0 aromatic heterocycles. The molecule has 0 N–H and O–H groups in total. The number of allylic oxidation sites excluding steroid dienone is 1. The maximum atomic E-state index is 2.80. The molecule has 0 bridgehead atoms. The van der Waals surface area contributed by atoms with Crippen LogP contribution >= 0.6 is 0 Å². The van der Waals surface area contributed by atoms with Gasteiger partial charge in [0.1, 0.15) is 0 Å². The van der Waals surface area contributed by atoms with E-state index in [-0.39, 0.29) is 0 Å². The van der Waals surface area contributed by atoms with Crippen molar-refractivity contribution in [3.05, 3.63) is 11.1 Å². The van der Waals surface area contributed by atoms with Crippen LogP contribution in [0.2, 0.25) is 0 Å². The maximum absolute atomic E-state index is 2.80. The van der Waals surface area contributed by atoms with Crippen LogP contribution in [0.15, 0.2) is 11.1 Å². The van der Waals surface area contributed by atoms with Crippen molar-refractivity contribution in [1.29, 1.82) is 0 Å². The van der Waals surface area contributed by atoms with Gasteiger partial charge in [-0.15, -0.1) is 0 Å². The van der Waals surface area contributed by atoms with E-state index in [0.29, 0.717) is 0 Å². The summed E-state index contributed by atoms with van der Waals surface area (Å²) in [6.07, 6.45) is 14.5. The van der Waals surface area contributed by atoms with Crippen molar-refractivity contribution < 1.29 is 0 Å². The third-order valence-corrected chi connectivity index (χ3v) is 4.82. The summed E-state index contributed by atoms with van der Waals surface area (Å²) >= 11 is 0. The molecular weight excluding hydrogens is 194 g/mol. The van der Waals surface area contributed by atoms with Gasteiger partial charge in [0.25, 0.3) is 0 Å². The molecule has 1 heterocycles. The lowest BCUT2D eigenvalue weighted by atomic mass is 9.99. The summed E-state index contributed by atoms with van der Waals surface area (Å²) in [6.45, 7) is 2.75. The Morgan fingerprint density at radius 1 is 0.750 bits per heavy atom. The summed E-state index contributed by atoms with van der Waals surface area (Å²) in [4.78, 5) is 2.80. The zero-order valence-corrected chi connectivity index (χ0v) is 10.5. The van der Waals surface area contributed by atoms with Crippen molar-refractivity contribution >= 4 is 0 Å². The van der Waals surface area contributed by atoms with Gasteiger partial charge in [0, 0.05) is 6.04 Å². The summed E-state index contributed by atoms with van der Waals surface area (Å²) in [5.41, 5.74) is 3.76. The van der Waals surface area contributed by atoms with E-state index in [1.807, 2.05) is 11.1 Å². The fraction of sp³-hybridized carbons (Fsp3) is 0.867. The highest BCUT2D eigenvalue weighted by atomic mass is 15.2.